The zero-order valence-electron chi connectivity index (χ0n) is 47.6. The predicted molar refractivity (Wildman–Crippen MR) is 309 cm³/mol. The summed E-state index contributed by atoms with van der Waals surface area (Å²) in [5, 5.41) is 54.5. The number of allylic oxidation sites excluding steroid dienone is 7. The second-order valence-electron chi connectivity index (χ2n) is 21.8. The summed E-state index contributed by atoms with van der Waals surface area (Å²) < 4.78 is 11.3. The van der Waals surface area contributed by atoms with Crippen molar-refractivity contribution in [2.24, 2.45) is 0 Å². The number of aliphatic hydroxyl groups excluding tert-OH is 5. The van der Waals surface area contributed by atoms with Crippen LogP contribution in [-0.4, -0.2) is 87.5 Å². The Morgan fingerprint density at radius 3 is 1.15 bits per heavy atom. The van der Waals surface area contributed by atoms with Crippen LogP contribution < -0.4 is 5.32 Å². The monoisotopic (exact) mass is 1030 g/mol. The molecule has 1 saturated heterocycles. The van der Waals surface area contributed by atoms with E-state index in [9.17, 15) is 30.3 Å². The highest BCUT2D eigenvalue weighted by Gasteiger charge is 2.44. The molecule has 6 N–H and O–H groups in total. The summed E-state index contributed by atoms with van der Waals surface area (Å²) in [6, 6.07) is -0.828. The van der Waals surface area contributed by atoms with Gasteiger partial charge in [-0.1, -0.05) is 268 Å². The van der Waals surface area contributed by atoms with E-state index in [1.807, 2.05) is 6.08 Å². The number of ether oxygens (including phenoxy) is 2. The lowest BCUT2D eigenvalue weighted by Gasteiger charge is -2.40. The zero-order valence-corrected chi connectivity index (χ0v) is 47.6. The number of hydrogen-bond acceptors (Lipinski definition) is 8. The minimum Gasteiger partial charge on any atom is -0.394 e. The number of nitrogens with one attached hydrogen (secondary N) is 1. The van der Waals surface area contributed by atoms with Crippen molar-refractivity contribution in [2.45, 2.75) is 339 Å². The number of carbonyl (C=O) groups is 1. The lowest BCUT2D eigenvalue weighted by Crippen LogP contribution is -2.60. The molecule has 0 bridgehead atoms. The van der Waals surface area contributed by atoms with E-state index in [-0.39, 0.29) is 12.5 Å². The summed E-state index contributed by atoms with van der Waals surface area (Å²) in [6.07, 6.45) is 64.9. The van der Waals surface area contributed by atoms with Gasteiger partial charge in [-0.05, 0) is 70.6 Å². The average molecular weight is 1030 g/mol. The fourth-order valence-corrected chi connectivity index (χ4v) is 9.89. The number of rotatable bonds is 54. The van der Waals surface area contributed by atoms with Gasteiger partial charge in [0.1, 0.15) is 24.4 Å². The Morgan fingerprint density at radius 1 is 0.452 bits per heavy atom. The molecule has 1 heterocycles. The third-order valence-electron chi connectivity index (χ3n) is 14.9. The Bertz CT molecular complexity index is 1290. The highest BCUT2D eigenvalue weighted by atomic mass is 16.7. The van der Waals surface area contributed by atoms with Crippen LogP contribution in [0.15, 0.2) is 48.6 Å². The third-order valence-corrected chi connectivity index (χ3v) is 14.9. The van der Waals surface area contributed by atoms with E-state index in [4.69, 9.17) is 9.47 Å². The van der Waals surface area contributed by atoms with Crippen molar-refractivity contribution in [3.8, 4) is 0 Å². The molecule has 7 atom stereocenters. The smallest absolute Gasteiger partial charge is 0.220 e. The number of amides is 1. The van der Waals surface area contributed by atoms with E-state index >= 15 is 0 Å². The Kier molecular flexibility index (Phi) is 50.7. The standard InChI is InChI=1S/C64H119NO8/c1-3-5-7-9-11-13-15-17-19-21-22-23-24-25-26-27-28-29-30-31-32-33-34-35-36-38-40-42-44-46-48-50-52-54-60(68)65-57(56-72-64-63(71)62(70)61(69)59(55-66)73-64)58(67)53-51-49-47-45-43-41-39-37-20-18-16-14-12-10-8-6-4-2/h20-22,37,43,45,51,53,57-59,61-64,66-67,69-71H,3-19,23-36,38-42,44,46-50,52,54-56H2,1-2H3,(H,65,68)/b22-21-,37-20+,45-43+,53-51+. The molecule has 0 aromatic rings. The van der Waals surface area contributed by atoms with Gasteiger partial charge in [0.25, 0.3) is 0 Å². The maximum atomic E-state index is 13.1. The van der Waals surface area contributed by atoms with Crippen LogP contribution >= 0.6 is 0 Å². The van der Waals surface area contributed by atoms with E-state index in [1.165, 1.54) is 231 Å². The molecule has 1 rings (SSSR count). The van der Waals surface area contributed by atoms with Crippen molar-refractivity contribution in [1.29, 1.82) is 0 Å². The summed E-state index contributed by atoms with van der Waals surface area (Å²) >= 11 is 0. The van der Waals surface area contributed by atoms with Crippen LogP contribution in [0.25, 0.3) is 0 Å². The predicted octanol–water partition coefficient (Wildman–Crippen LogP) is 16.1. The summed E-state index contributed by atoms with van der Waals surface area (Å²) in [7, 11) is 0. The van der Waals surface area contributed by atoms with E-state index in [0.717, 1.165) is 44.9 Å². The van der Waals surface area contributed by atoms with Crippen LogP contribution in [0.4, 0.5) is 0 Å². The normalized spacial score (nSPS) is 19.4. The van der Waals surface area contributed by atoms with Crippen molar-refractivity contribution in [1.82, 2.24) is 5.32 Å². The number of unbranched alkanes of at least 4 members (excludes halogenated alkanes) is 38. The highest BCUT2D eigenvalue weighted by molar-refractivity contribution is 5.76. The average Bonchev–Trinajstić information content (AvgIpc) is 3.39. The first-order valence-corrected chi connectivity index (χ1v) is 31.4. The molecule has 73 heavy (non-hydrogen) atoms. The lowest BCUT2D eigenvalue weighted by atomic mass is 9.99. The van der Waals surface area contributed by atoms with Gasteiger partial charge in [0.2, 0.25) is 5.91 Å². The minimum absolute atomic E-state index is 0.187. The van der Waals surface area contributed by atoms with E-state index < -0.39 is 49.5 Å². The molecular formula is C64H119NO8. The first-order chi connectivity index (χ1) is 35.8. The lowest BCUT2D eigenvalue weighted by molar-refractivity contribution is -0.302. The number of aliphatic hydroxyl groups is 5. The van der Waals surface area contributed by atoms with Crippen LogP contribution in [-0.2, 0) is 14.3 Å². The van der Waals surface area contributed by atoms with Crippen LogP contribution in [0.2, 0.25) is 0 Å². The molecule has 1 amide bonds. The van der Waals surface area contributed by atoms with Crippen LogP contribution in [0.1, 0.15) is 296 Å². The molecule has 9 nitrogen and oxygen atoms in total. The molecule has 9 heteroatoms. The van der Waals surface area contributed by atoms with E-state index in [1.54, 1.807) is 6.08 Å². The van der Waals surface area contributed by atoms with Gasteiger partial charge in [-0.25, -0.2) is 0 Å². The van der Waals surface area contributed by atoms with Gasteiger partial charge in [0, 0.05) is 6.42 Å². The fourth-order valence-electron chi connectivity index (χ4n) is 9.89. The summed E-state index contributed by atoms with van der Waals surface area (Å²) in [6.45, 7) is 3.77. The molecule has 0 spiro atoms. The molecule has 428 valence electrons. The molecule has 1 aliphatic heterocycles. The molecule has 0 aromatic carbocycles. The molecule has 7 unspecified atom stereocenters. The van der Waals surface area contributed by atoms with Crippen LogP contribution in [0.3, 0.4) is 0 Å². The largest absolute Gasteiger partial charge is 0.394 e. The number of carbonyl (C=O) groups excluding carboxylic acids is 1. The van der Waals surface area contributed by atoms with E-state index in [2.05, 4.69) is 55.6 Å². The molecule has 1 aliphatic rings. The molecule has 1 fully saturated rings. The van der Waals surface area contributed by atoms with Crippen LogP contribution in [0, 0.1) is 0 Å². The SMILES string of the molecule is CCCCCCCCC/C=C/CC/C=C/CC/C=C/C(O)C(COC1OC(CO)C(O)C(O)C1O)NC(=O)CCCCCCCCCCCCCCCCCCCCCCC/C=C\CCCCCCCCCC. The van der Waals surface area contributed by atoms with Gasteiger partial charge in [-0.3, -0.25) is 4.79 Å². The maximum absolute atomic E-state index is 13.1. The Hall–Kier alpha value is -1.85. The van der Waals surface area contributed by atoms with Crippen molar-refractivity contribution >= 4 is 5.91 Å². The van der Waals surface area contributed by atoms with Crippen LogP contribution in [0.5, 0.6) is 0 Å². The number of hydrogen-bond donors (Lipinski definition) is 6. The first kappa shape index (κ1) is 69.2. The van der Waals surface area contributed by atoms with Gasteiger partial charge in [-0.15, -0.1) is 0 Å². The zero-order chi connectivity index (χ0) is 52.9. The van der Waals surface area contributed by atoms with Crippen molar-refractivity contribution in [2.75, 3.05) is 13.2 Å². The minimum atomic E-state index is -1.57. The van der Waals surface area contributed by atoms with E-state index in [0.29, 0.717) is 6.42 Å². The van der Waals surface area contributed by atoms with Crippen molar-refractivity contribution < 1.29 is 39.8 Å². The fraction of sp³-hybridized carbons (Fsp3) is 0.859. The topological polar surface area (TPSA) is 149 Å². The molecule has 0 saturated carbocycles. The van der Waals surface area contributed by atoms with Gasteiger partial charge in [0.15, 0.2) is 6.29 Å². The van der Waals surface area contributed by atoms with Crippen molar-refractivity contribution in [3.05, 3.63) is 48.6 Å². The van der Waals surface area contributed by atoms with Gasteiger partial charge in [-0.2, -0.15) is 0 Å². The second kappa shape index (κ2) is 53.5. The Balaban J connectivity index is 2.13. The van der Waals surface area contributed by atoms with Crippen molar-refractivity contribution in [3.63, 3.8) is 0 Å². The second-order valence-corrected chi connectivity index (χ2v) is 21.8. The maximum Gasteiger partial charge on any atom is 0.220 e. The summed E-state index contributed by atoms with van der Waals surface area (Å²) in [5.74, 6) is -0.187. The van der Waals surface area contributed by atoms with Gasteiger partial charge >= 0.3 is 0 Å². The highest BCUT2D eigenvalue weighted by Crippen LogP contribution is 2.23. The van der Waals surface area contributed by atoms with Gasteiger partial charge < -0.3 is 40.3 Å². The Morgan fingerprint density at radius 2 is 0.781 bits per heavy atom. The summed E-state index contributed by atoms with van der Waals surface area (Å²) in [4.78, 5) is 13.1. The quantitative estimate of drug-likeness (QED) is 0.0261. The summed E-state index contributed by atoms with van der Waals surface area (Å²) in [5.41, 5.74) is 0. The third kappa shape index (κ3) is 42.9. The Labute approximate surface area is 450 Å². The molecular weight excluding hydrogens is 911 g/mol. The molecule has 0 radical (unpaired) electrons. The first-order valence-electron chi connectivity index (χ1n) is 31.4. The molecule has 0 aliphatic carbocycles. The van der Waals surface area contributed by atoms with Gasteiger partial charge in [0.05, 0.1) is 25.4 Å². The molecule has 0 aromatic heterocycles.